The van der Waals surface area contributed by atoms with Crippen molar-refractivity contribution in [1.82, 2.24) is 10.2 Å². The normalized spacial score (nSPS) is 26.5. The number of rotatable bonds is 5. The van der Waals surface area contributed by atoms with Crippen LogP contribution in [0.25, 0.3) is 0 Å². The molecule has 0 radical (unpaired) electrons. The SMILES string of the molecule is CNC(C)CCN1CCC(OC)C1. The molecule has 0 spiro atoms. The zero-order chi connectivity index (χ0) is 9.68. The van der Waals surface area contributed by atoms with Gasteiger partial charge in [0.1, 0.15) is 0 Å². The van der Waals surface area contributed by atoms with Gasteiger partial charge in [0.15, 0.2) is 0 Å². The first-order chi connectivity index (χ1) is 6.26. The summed E-state index contributed by atoms with van der Waals surface area (Å²) in [5, 5.41) is 3.26. The highest BCUT2D eigenvalue weighted by Gasteiger charge is 2.21. The van der Waals surface area contributed by atoms with Gasteiger partial charge in [-0.3, -0.25) is 0 Å². The summed E-state index contributed by atoms with van der Waals surface area (Å²) >= 11 is 0. The summed E-state index contributed by atoms with van der Waals surface area (Å²) in [6, 6.07) is 0.626. The second-order valence-corrected chi connectivity index (χ2v) is 3.93. The Morgan fingerprint density at radius 2 is 2.38 bits per heavy atom. The number of nitrogens with zero attached hydrogens (tertiary/aromatic N) is 1. The monoisotopic (exact) mass is 186 g/mol. The van der Waals surface area contributed by atoms with Gasteiger partial charge < -0.3 is 15.0 Å². The molecule has 2 unspecified atom stereocenters. The minimum atomic E-state index is 0.477. The Hall–Kier alpha value is -0.120. The Morgan fingerprint density at radius 1 is 1.62 bits per heavy atom. The van der Waals surface area contributed by atoms with Crippen molar-refractivity contribution in [2.45, 2.75) is 31.9 Å². The summed E-state index contributed by atoms with van der Waals surface area (Å²) in [7, 11) is 3.83. The van der Waals surface area contributed by atoms with Gasteiger partial charge in [-0.05, 0) is 33.4 Å². The van der Waals surface area contributed by atoms with Crippen molar-refractivity contribution < 1.29 is 4.74 Å². The highest BCUT2D eigenvalue weighted by molar-refractivity contribution is 4.76. The molecule has 1 heterocycles. The van der Waals surface area contributed by atoms with E-state index in [4.69, 9.17) is 4.74 Å². The fourth-order valence-corrected chi connectivity index (χ4v) is 1.71. The van der Waals surface area contributed by atoms with E-state index in [1.165, 1.54) is 25.9 Å². The van der Waals surface area contributed by atoms with E-state index in [0.29, 0.717) is 12.1 Å². The van der Waals surface area contributed by atoms with Crippen molar-refractivity contribution in [2.24, 2.45) is 0 Å². The molecular formula is C10H22N2O. The van der Waals surface area contributed by atoms with Crippen molar-refractivity contribution >= 4 is 0 Å². The van der Waals surface area contributed by atoms with E-state index in [1.54, 1.807) is 0 Å². The summed E-state index contributed by atoms with van der Waals surface area (Å²) in [6.45, 7) is 5.74. The van der Waals surface area contributed by atoms with Gasteiger partial charge in [0, 0.05) is 26.2 Å². The molecule has 3 heteroatoms. The van der Waals surface area contributed by atoms with Gasteiger partial charge in [-0.1, -0.05) is 0 Å². The first kappa shape index (κ1) is 11.0. The molecule has 0 aromatic rings. The average Bonchev–Trinajstić information content (AvgIpc) is 2.61. The Bertz CT molecular complexity index is 141. The maximum Gasteiger partial charge on any atom is 0.0710 e. The number of hydrogen-bond donors (Lipinski definition) is 1. The first-order valence-corrected chi connectivity index (χ1v) is 5.18. The third-order valence-corrected chi connectivity index (χ3v) is 2.93. The van der Waals surface area contributed by atoms with Crippen LogP contribution in [0.1, 0.15) is 19.8 Å². The predicted octanol–water partition coefficient (Wildman–Crippen LogP) is 0.705. The van der Waals surface area contributed by atoms with Crippen LogP contribution in [0.5, 0.6) is 0 Å². The van der Waals surface area contributed by atoms with E-state index in [9.17, 15) is 0 Å². The number of methoxy groups -OCH3 is 1. The molecule has 1 fully saturated rings. The van der Waals surface area contributed by atoms with Gasteiger partial charge >= 0.3 is 0 Å². The van der Waals surface area contributed by atoms with Crippen molar-refractivity contribution in [3.8, 4) is 0 Å². The summed E-state index contributed by atoms with van der Waals surface area (Å²) in [5.41, 5.74) is 0. The van der Waals surface area contributed by atoms with E-state index in [0.717, 1.165) is 6.54 Å². The van der Waals surface area contributed by atoms with Crippen LogP contribution in [-0.4, -0.2) is 50.8 Å². The van der Waals surface area contributed by atoms with E-state index in [-0.39, 0.29) is 0 Å². The van der Waals surface area contributed by atoms with Crippen LogP contribution < -0.4 is 5.32 Å². The predicted molar refractivity (Wildman–Crippen MR) is 55.0 cm³/mol. The quantitative estimate of drug-likeness (QED) is 0.684. The van der Waals surface area contributed by atoms with Gasteiger partial charge in [0.2, 0.25) is 0 Å². The number of nitrogens with one attached hydrogen (secondary N) is 1. The van der Waals surface area contributed by atoms with E-state index >= 15 is 0 Å². The molecule has 0 aromatic carbocycles. The maximum absolute atomic E-state index is 5.32. The lowest BCUT2D eigenvalue weighted by Gasteiger charge is -2.18. The largest absolute Gasteiger partial charge is 0.380 e. The van der Waals surface area contributed by atoms with Crippen LogP contribution in [0.15, 0.2) is 0 Å². The van der Waals surface area contributed by atoms with Gasteiger partial charge in [0.25, 0.3) is 0 Å². The van der Waals surface area contributed by atoms with Crippen LogP contribution in [0.4, 0.5) is 0 Å². The van der Waals surface area contributed by atoms with Gasteiger partial charge in [0.05, 0.1) is 6.10 Å². The smallest absolute Gasteiger partial charge is 0.0710 e. The first-order valence-electron chi connectivity index (χ1n) is 5.18. The molecule has 1 N–H and O–H groups in total. The van der Waals surface area contributed by atoms with E-state index in [1.807, 2.05) is 14.2 Å². The Balaban J connectivity index is 2.10. The lowest BCUT2D eigenvalue weighted by Crippen LogP contribution is -2.30. The molecule has 3 nitrogen and oxygen atoms in total. The molecule has 0 saturated carbocycles. The summed E-state index contributed by atoms with van der Waals surface area (Å²) < 4.78 is 5.32. The Labute approximate surface area is 81.4 Å². The Morgan fingerprint density at radius 3 is 2.92 bits per heavy atom. The molecule has 0 amide bonds. The number of hydrogen-bond acceptors (Lipinski definition) is 3. The molecule has 78 valence electrons. The molecule has 0 bridgehead atoms. The third-order valence-electron chi connectivity index (χ3n) is 2.93. The highest BCUT2D eigenvalue weighted by atomic mass is 16.5. The van der Waals surface area contributed by atoms with E-state index in [2.05, 4.69) is 17.1 Å². The average molecular weight is 186 g/mol. The lowest BCUT2D eigenvalue weighted by molar-refractivity contribution is 0.107. The van der Waals surface area contributed by atoms with Crippen molar-refractivity contribution in [3.05, 3.63) is 0 Å². The fraction of sp³-hybridized carbons (Fsp3) is 1.00. The van der Waals surface area contributed by atoms with Crippen LogP contribution in [0.3, 0.4) is 0 Å². The second kappa shape index (κ2) is 5.58. The number of ether oxygens (including phenoxy) is 1. The molecule has 13 heavy (non-hydrogen) atoms. The van der Waals surface area contributed by atoms with Gasteiger partial charge in [-0.2, -0.15) is 0 Å². The second-order valence-electron chi connectivity index (χ2n) is 3.93. The van der Waals surface area contributed by atoms with Crippen LogP contribution in [-0.2, 0) is 4.74 Å². The summed E-state index contributed by atoms with van der Waals surface area (Å²) in [6.07, 6.45) is 2.90. The highest BCUT2D eigenvalue weighted by Crippen LogP contribution is 2.12. The van der Waals surface area contributed by atoms with Gasteiger partial charge in [-0.25, -0.2) is 0 Å². The zero-order valence-electron chi connectivity index (χ0n) is 9.05. The van der Waals surface area contributed by atoms with Crippen molar-refractivity contribution in [2.75, 3.05) is 33.8 Å². The van der Waals surface area contributed by atoms with Crippen molar-refractivity contribution in [3.63, 3.8) is 0 Å². The summed E-state index contributed by atoms with van der Waals surface area (Å²) in [5.74, 6) is 0. The minimum Gasteiger partial charge on any atom is -0.380 e. The maximum atomic E-state index is 5.32. The minimum absolute atomic E-state index is 0.477. The summed E-state index contributed by atoms with van der Waals surface area (Å²) in [4.78, 5) is 2.49. The topological polar surface area (TPSA) is 24.5 Å². The zero-order valence-corrected chi connectivity index (χ0v) is 9.05. The molecular weight excluding hydrogens is 164 g/mol. The van der Waals surface area contributed by atoms with Crippen molar-refractivity contribution in [1.29, 1.82) is 0 Å². The number of likely N-dealkylation sites (tertiary alicyclic amines) is 1. The van der Waals surface area contributed by atoms with E-state index < -0.39 is 0 Å². The van der Waals surface area contributed by atoms with Crippen LogP contribution in [0.2, 0.25) is 0 Å². The fourth-order valence-electron chi connectivity index (χ4n) is 1.71. The Kier molecular flexibility index (Phi) is 4.70. The molecule has 1 saturated heterocycles. The standard InChI is InChI=1S/C10H22N2O/c1-9(11-2)4-6-12-7-5-10(8-12)13-3/h9-11H,4-8H2,1-3H3. The van der Waals surface area contributed by atoms with Gasteiger partial charge in [-0.15, -0.1) is 0 Å². The molecule has 1 aliphatic rings. The van der Waals surface area contributed by atoms with Crippen LogP contribution >= 0.6 is 0 Å². The molecule has 1 rings (SSSR count). The third kappa shape index (κ3) is 3.63. The molecule has 0 aliphatic carbocycles. The molecule has 1 aliphatic heterocycles. The molecule has 2 atom stereocenters. The van der Waals surface area contributed by atoms with Crippen LogP contribution in [0, 0.1) is 0 Å². The lowest BCUT2D eigenvalue weighted by atomic mass is 10.2. The molecule has 0 aromatic heterocycles.